The van der Waals surface area contributed by atoms with Crippen LogP contribution in [-0.2, 0) is 16.0 Å². The second-order valence-electron chi connectivity index (χ2n) is 5.57. The minimum absolute atomic E-state index is 0.0247. The number of ketones is 1. The van der Waals surface area contributed by atoms with Gasteiger partial charge in [0.15, 0.2) is 5.78 Å². The molecule has 2 unspecified atom stereocenters. The summed E-state index contributed by atoms with van der Waals surface area (Å²) in [5, 5.41) is 2.93. The van der Waals surface area contributed by atoms with Gasteiger partial charge >= 0.3 is 0 Å². The van der Waals surface area contributed by atoms with Gasteiger partial charge in [0.2, 0.25) is 5.91 Å². The molecule has 106 valence electrons. The van der Waals surface area contributed by atoms with Gasteiger partial charge in [-0.05, 0) is 24.8 Å². The van der Waals surface area contributed by atoms with E-state index >= 15 is 0 Å². The summed E-state index contributed by atoms with van der Waals surface area (Å²) in [7, 11) is 0. The maximum absolute atomic E-state index is 12.2. The van der Waals surface area contributed by atoms with E-state index in [4.69, 9.17) is 4.74 Å². The Labute approximate surface area is 118 Å². The number of amides is 1. The molecule has 4 heteroatoms. The fourth-order valence-corrected chi connectivity index (χ4v) is 2.99. The van der Waals surface area contributed by atoms with Gasteiger partial charge in [0, 0.05) is 31.1 Å². The Hall–Kier alpha value is -1.68. The Morgan fingerprint density at radius 1 is 1.30 bits per heavy atom. The number of nitrogens with one attached hydrogen (secondary N) is 1. The average molecular weight is 273 g/mol. The number of fused-ring (bicyclic) bond motifs is 1. The lowest BCUT2D eigenvalue weighted by Crippen LogP contribution is -2.39. The van der Waals surface area contributed by atoms with Crippen molar-refractivity contribution in [2.75, 3.05) is 13.2 Å². The summed E-state index contributed by atoms with van der Waals surface area (Å²) in [5.41, 5.74) is 1.76. The fourth-order valence-electron chi connectivity index (χ4n) is 2.99. The molecule has 0 bridgehead atoms. The van der Waals surface area contributed by atoms with Crippen molar-refractivity contribution in [2.24, 2.45) is 5.92 Å². The SMILES string of the molecule is O=C1CC(C(=O)NCC2CCCO2)Cc2ccccc21. The summed E-state index contributed by atoms with van der Waals surface area (Å²) in [4.78, 5) is 24.2. The molecule has 1 saturated heterocycles. The van der Waals surface area contributed by atoms with Crippen LogP contribution in [0.25, 0.3) is 0 Å². The first-order chi connectivity index (χ1) is 9.74. The van der Waals surface area contributed by atoms with Gasteiger partial charge in [-0.25, -0.2) is 0 Å². The lowest BCUT2D eigenvalue weighted by atomic mass is 9.82. The Morgan fingerprint density at radius 3 is 2.95 bits per heavy atom. The smallest absolute Gasteiger partial charge is 0.223 e. The minimum atomic E-state index is -0.237. The number of carbonyl (C=O) groups excluding carboxylic acids is 2. The highest BCUT2D eigenvalue weighted by molar-refractivity contribution is 6.01. The van der Waals surface area contributed by atoms with E-state index < -0.39 is 0 Å². The van der Waals surface area contributed by atoms with Crippen LogP contribution in [0.4, 0.5) is 0 Å². The van der Waals surface area contributed by atoms with Crippen molar-refractivity contribution >= 4 is 11.7 Å². The number of rotatable bonds is 3. The summed E-state index contributed by atoms with van der Waals surface area (Å²) in [6.45, 7) is 1.35. The van der Waals surface area contributed by atoms with Crippen LogP contribution < -0.4 is 5.32 Å². The van der Waals surface area contributed by atoms with Crippen molar-refractivity contribution in [3.63, 3.8) is 0 Å². The molecular weight excluding hydrogens is 254 g/mol. The van der Waals surface area contributed by atoms with Crippen molar-refractivity contribution < 1.29 is 14.3 Å². The van der Waals surface area contributed by atoms with E-state index in [1.165, 1.54) is 0 Å². The second-order valence-corrected chi connectivity index (χ2v) is 5.57. The standard InChI is InChI=1S/C16H19NO3/c18-15-9-12(8-11-4-1-2-6-14(11)15)16(19)17-10-13-5-3-7-20-13/h1-2,4,6,12-13H,3,5,7-10H2,(H,17,19). The minimum Gasteiger partial charge on any atom is -0.376 e. The molecular formula is C16H19NO3. The van der Waals surface area contributed by atoms with Gasteiger partial charge in [0.1, 0.15) is 0 Å². The fraction of sp³-hybridized carbons (Fsp3) is 0.500. The first-order valence-electron chi connectivity index (χ1n) is 7.24. The van der Waals surface area contributed by atoms with Crippen LogP contribution in [0, 0.1) is 5.92 Å². The Bertz CT molecular complexity index is 520. The van der Waals surface area contributed by atoms with E-state index in [9.17, 15) is 9.59 Å². The summed E-state index contributed by atoms with van der Waals surface area (Å²) >= 11 is 0. The number of benzene rings is 1. The van der Waals surface area contributed by atoms with E-state index in [0.29, 0.717) is 19.4 Å². The van der Waals surface area contributed by atoms with Gasteiger partial charge in [-0.15, -0.1) is 0 Å². The largest absolute Gasteiger partial charge is 0.376 e. The lowest BCUT2D eigenvalue weighted by molar-refractivity contribution is -0.125. The molecule has 0 spiro atoms. The first kappa shape index (κ1) is 13.3. The van der Waals surface area contributed by atoms with Gasteiger partial charge in [-0.2, -0.15) is 0 Å². The average Bonchev–Trinajstić information content (AvgIpc) is 2.98. The highest BCUT2D eigenvalue weighted by Gasteiger charge is 2.30. The van der Waals surface area contributed by atoms with Crippen LogP contribution >= 0.6 is 0 Å². The molecule has 1 aromatic rings. The van der Waals surface area contributed by atoms with Gasteiger partial charge < -0.3 is 10.1 Å². The molecule has 0 aromatic heterocycles. The van der Waals surface area contributed by atoms with Crippen molar-refractivity contribution in [1.82, 2.24) is 5.32 Å². The summed E-state index contributed by atoms with van der Waals surface area (Å²) in [6.07, 6.45) is 3.18. The molecule has 1 N–H and O–H groups in total. The maximum Gasteiger partial charge on any atom is 0.223 e. The molecule has 0 saturated carbocycles. The van der Waals surface area contributed by atoms with Crippen LogP contribution in [-0.4, -0.2) is 30.9 Å². The molecule has 1 amide bonds. The van der Waals surface area contributed by atoms with Crippen molar-refractivity contribution in [1.29, 1.82) is 0 Å². The zero-order valence-corrected chi connectivity index (χ0v) is 11.4. The van der Waals surface area contributed by atoms with Gasteiger partial charge in [-0.3, -0.25) is 9.59 Å². The Morgan fingerprint density at radius 2 is 2.15 bits per heavy atom. The van der Waals surface area contributed by atoms with E-state index in [-0.39, 0.29) is 23.7 Å². The molecule has 1 aliphatic heterocycles. The van der Waals surface area contributed by atoms with Crippen LogP contribution in [0.15, 0.2) is 24.3 Å². The highest BCUT2D eigenvalue weighted by Crippen LogP contribution is 2.25. The van der Waals surface area contributed by atoms with Crippen molar-refractivity contribution in [2.45, 2.75) is 31.8 Å². The maximum atomic E-state index is 12.2. The third-order valence-electron chi connectivity index (χ3n) is 4.11. The van der Waals surface area contributed by atoms with Gasteiger partial charge in [0.05, 0.1) is 6.10 Å². The van der Waals surface area contributed by atoms with Crippen LogP contribution in [0.1, 0.15) is 35.2 Å². The topological polar surface area (TPSA) is 55.4 Å². The third kappa shape index (κ3) is 2.75. The number of Topliss-reactive ketones (excluding diaryl/α,β-unsaturated/α-hetero) is 1. The molecule has 1 aromatic carbocycles. The lowest BCUT2D eigenvalue weighted by Gasteiger charge is -2.23. The van der Waals surface area contributed by atoms with E-state index in [2.05, 4.69) is 5.32 Å². The summed E-state index contributed by atoms with van der Waals surface area (Å²) < 4.78 is 5.49. The number of hydrogen-bond donors (Lipinski definition) is 1. The zero-order chi connectivity index (χ0) is 13.9. The summed E-state index contributed by atoms with van der Waals surface area (Å²) in [5.74, 6) is -0.189. The number of carbonyl (C=O) groups is 2. The van der Waals surface area contributed by atoms with E-state index in [1.54, 1.807) is 0 Å². The Kier molecular flexibility index (Phi) is 3.83. The van der Waals surface area contributed by atoms with Gasteiger partial charge in [-0.1, -0.05) is 24.3 Å². The molecule has 1 heterocycles. The molecule has 3 rings (SSSR count). The van der Waals surface area contributed by atoms with Crippen LogP contribution in [0.3, 0.4) is 0 Å². The predicted molar refractivity (Wildman–Crippen MR) is 74.6 cm³/mol. The normalized spacial score (nSPS) is 25.3. The molecule has 2 aliphatic rings. The predicted octanol–water partition coefficient (Wildman–Crippen LogP) is 1.73. The van der Waals surface area contributed by atoms with Crippen molar-refractivity contribution in [3.05, 3.63) is 35.4 Å². The second kappa shape index (κ2) is 5.75. The molecule has 2 atom stereocenters. The summed E-state index contributed by atoms with van der Waals surface area (Å²) in [6, 6.07) is 7.57. The van der Waals surface area contributed by atoms with Gasteiger partial charge in [0.25, 0.3) is 0 Å². The quantitative estimate of drug-likeness (QED) is 0.912. The van der Waals surface area contributed by atoms with Crippen LogP contribution in [0.5, 0.6) is 0 Å². The number of ether oxygens (including phenoxy) is 1. The first-order valence-corrected chi connectivity index (χ1v) is 7.24. The van der Waals surface area contributed by atoms with E-state index in [0.717, 1.165) is 30.6 Å². The molecule has 4 nitrogen and oxygen atoms in total. The van der Waals surface area contributed by atoms with Crippen LogP contribution in [0.2, 0.25) is 0 Å². The molecule has 20 heavy (non-hydrogen) atoms. The highest BCUT2D eigenvalue weighted by atomic mass is 16.5. The van der Waals surface area contributed by atoms with Crippen molar-refractivity contribution in [3.8, 4) is 0 Å². The molecule has 1 fully saturated rings. The number of hydrogen-bond acceptors (Lipinski definition) is 3. The van der Waals surface area contributed by atoms with E-state index in [1.807, 2.05) is 24.3 Å². The third-order valence-corrected chi connectivity index (χ3v) is 4.11. The monoisotopic (exact) mass is 273 g/mol. The molecule has 0 radical (unpaired) electrons. The Balaban J connectivity index is 1.61. The zero-order valence-electron chi connectivity index (χ0n) is 11.4. The molecule has 1 aliphatic carbocycles.